The lowest BCUT2D eigenvalue weighted by Crippen LogP contribution is -2.37. The van der Waals surface area contributed by atoms with E-state index in [1.54, 1.807) is 12.3 Å². The number of nitrogens with one attached hydrogen (secondary N) is 1. The zero-order valence-electron chi connectivity index (χ0n) is 15.9. The van der Waals surface area contributed by atoms with Crippen LogP contribution in [-0.2, 0) is 6.42 Å². The van der Waals surface area contributed by atoms with Crippen molar-refractivity contribution in [3.8, 4) is 11.5 Å². The van der Waals surface area contributed by atoms with Crippen LogP contribution in [0.25, 0.3) is 0 Å². The van der Waals surface area contributed by atoms with Crippen LogP contribution in [0.2, 0.25) is 0 Å². The van der Waals surface area contributed by atoms with Crippen LogP contribution in [0.3, 0.4) is 0 Å². The predicted molar refractivity (Wildman–Crippen MR) is 111 cm³/mol. The summed E-state index contributed by atoms with van der Waals surface area (Å²) in [5.41, 5.74) is 3.59. The van der Waals surface area contributed by atoms with Crippen molar-refractivity contribution in [1.82, 2.24) is 4.98 Å². The van der Waals surface area contributed by atoms with Crippen molar-refractivity contribution >= 4 is 11.5 Å². The van der Waals surface area contributed by atoms with Gasteiger partial charge in [0.2, 0.25) is 0 Å². The molecule has 1 aromatic heterocycles. The van der Waals surface area contributed by atoms with Gasteiger partial charge in [-0.05, 0) is 47.4 Å². The number of anilines is 1. The number of phenols is 2. The maximum atomic E-state index is 10.2. The molecule has 0 aliphatic rings. The fraction of sp³-hybridized carbons (Fsp3) is 0.182. The minimum atomic E-state index is -0.186. The topological polar surface area (TPSA) is 106 Å². The summed E-state index contributed by atoms with van der Waals surface area (Å²) in [4.78, 5) is 4.32. The van der Waals surface area contributed by atoms with Crippen molar-refractivity contribution in [1.29, 1.82) is 5.41 Å². The van der Waals surface area contributed by atoms with Crippen LogP contribution in [-0.4, -0.2) is 21.0 Å². The summed E-state index contributed by atoms with van der Waals surface area (Å²) in [6, 6.07) is 16.2. The number of aromatic hydroxyl groups is 2. The number of hydrazine groups is 1. The monoisotopic (exact) mass is 376 g/mol. The molecule has 0 saturated heterocycles. The number of aromatic nitrogens is 1. The highest BCUT2D eigenvalue weighted by Crippen LogP contribution is 2.33. The molecule has 0 saturated carbocycles. The molecule has 6 heteroatoms. The highest BCUT2D eigenvalue weighted by molar-refractivity contribution is 6.09. The summed E-state index contributed by atoms with van der Waals surface area (Å²) in [6.07, 6.45) is 2.47. The maximum absolute atomic E-state index is 10.2. The van der Waals surface area contributed by atoms with Crippen LogP contribution in [0, 0.1) is 5.41 Å². The smallest absolute Gasteiger partial charge is 0.150 e. The van der Waals surface area contributed by atoms with E-state index in [9.17, 15) is 10.2 Å². The summed E-state index contributed by atoms with van der Waals surface area (Å²) >= 11 is 0. The number of hydrogen-bond acceptors (Lipinski definition) is 5. The number of rotatable bonds is 5. The molecule has 3 aromatic rings. The van der Waals surface area contributed by atoms with E-state index >= 15 is 0 Å². The van der Waals surface area contributed by atoms with E-state index in [2.05, 4.69) is 4.98 Å². The van der Waals surface area contributed by atoms with Crippen molar-refractivity contribution in [3.63, 3.8) is 0 Å². The number of nitrogens with zero attached hydrogens (tertiary/aromatic N) is 2. The Hall–Kier alpha value is -3.38. The van der Waals surface area contributed by atoms with Gasteiger partial charge in [0.1, 0.15) is 11.5 Å². The number of pyridine rings is 1. The van der Waals surface area contributed by atoms with Gasteiger partial charge in [0.15, 0.2) is 5.84 Å². The lowest BCUT2D eigenvalue weighted by atomic mass is 9.98. The first-order valence-corrected chi connectivity index (χ1v) is 9.05. The van der Waals surface area contributed by atoms with E-state index in [0.717, 1.165) is 11.3 Å². The van der Waals surface area contributed by atoms with Crippen LogP contribution in [0.1, 0.15) is 42.1 Å². The second-order valence-electron chi connectivity index (χ2n) is 6.97. The van der Waals surface area contributed by atoms with Gasteiger partial charge in [0, 0.05) is 24.4 Å². The van der Waals surface area contributed by atoms with Crippen molar-refractivity contribution in [2.45, 2.75) is 26.2 Å². The first-order valence-electron chi connectivity index (χ1n) is 9.05. The molecule has 6 nitrogen and oxygen atoms in total. The minimum absolute atomic E-state index is 0.00601. The van der Waals surface area contributed by atoms with Crippen LogP contribution in [0.5, 0.6) is 11.5 Å². The Morgan fingerprint density at radius 1 is 1.07 bits per heavy atom. The molecule has 0 aliphatic heterocycles. The number of hydrogen-bond donors (Lipinski definition) is 4. The Morgan fingerprint density at radius 3 is 2.39 bits per heavy atom. The van der Waals surface area contributed by atoms with Gasteiger partial charge in [-0.25, -0.2) is 5.84 Å². The molecule has 5 N–H and O–H groups in total. The summed E-state index contributed by atoms with van der Waals surface area (Å²) in [7, 11) is 0. The lowest BCUT2D eigenvalue weighted by Gasteiger charge is -2.21. The largest absolute Gasteiger partial charge is 0.508 e. The molecule has 3 rings (SSSR count). The molecule has 0 amide bonds. The molecule has 0 bridgehead atoms. The first-order chi connectivity index (χ1) is 13.4. The predicted octanol–water partition coefficient (Wildman–Crippen LogP) is 3.91. The van der Waals surface area contributed by atoms with Crippen LogP contribution in [0.4, 0.5) is 5.69 Å². The van der Waals surface area contributed by atoms with E-state index in [4.69, 9.17) is 11.3 Å². The number of benzene rings is 2. The standard InChI is InChI=1S/C22H24N4O2/c1-14(2)18-12-19(21(28)13-20(18)27)22(23)26(24)17-8-6-15(7-9-17)11-16-5-3-4-10-25-16/h3-10,12-14,23,27-28H,11,24H2,1-2H3. The van der Waals surface area contributed by atoms with Crippen molar-refractivity contribution in [2.24, 2.45) is 5.84 Å². The Morgan fingerprint density at radius 2 is 1.79 bits per heavy atom. The van der Waals surface area contributed by atoms with Crippen molar-refractivity contribution < 1.29 is 10.2 Å². The quantitative estimate of drug-likeness (QED) is 0.234. The molecule has 0 fully saturated rings. The zero-order chi connectivity index (χ0) is 20.3. The summed E-state index contributed by atoms with van der Waals surface area (Å²) in [6.45, 7) is 3.86. The highest BCUT2D eigenvalue weighted by Gasteiger charge is 2.18. The Kier molecular flexibility index (Phi) is 5.61. The molecular formula is C22H24N4O2. The van der Waals surface area contributed by atoms with E-state index in [1.165, 1.54) is 11.1 Å². The third kappa shape index (κ3) is 4.13. The Balaban J connectivity index is 1.81. The normalized spacial score (nSPS) is 10.9. The SMILES string of the molecule is CC(C)c1cc(C(=N)N(N)c2ccc(Cc3ccccn3)cc2)c(O)cc1O. The Labute approximate surface area is 164 Å². The lowest BCUT2D eigenvalue weighted by molar-refractivity contribution is 0.443. The second kappa shape index (κ2) is 8.10. The first kappa shape index (κ1) is 19.4. The maximum Gasteiger partial charge on any atom is 0.150 e. The van der Waals surface area contributed by atoms with Gasteiger partial charge in [0.25, 0.3) is 0 Å². The molecule has 1 heterocycles. The molecular weight excluding hydrogens is 352 g/mol. The van der Waals surface area contributed by atoms with Crippen LogP contribution < -0.4 is 10.9 Å². The molecule has 0 atom stereocenters. The average Bonchev–Trinajstić information content (AvgIpc) is 2.68. The second-order valence-corrected chi connectivity index (χ2v) is 6.97. The molecule has 0 aliphatic carbocycles. The summed E-state index contributed by atoms with van der Waals surface area (Å²) in [5, 5.41) is 29.8. The van der Waals surface area contributed by atoms with Gasteiger partial charge < -0.3 is 10.2 Å². The summed E-state index contributed by atoms with van der Waals surface area (Å²) < 4.78 is 0. The van der Waals surface area contributed by atoms with Crippen LogP contribution >= 0.6 is 0 Å². The number of phenolic OH excluding ortho intramolecular Hbond substituents is 2. The van der Waals surface area contributed by atoms with Gasteiger partial charge in [-0.2, -0.15) is 0 Å². The van der Waals surface area contributed by atoms with E-state index in [0.29, 0.717) is 17.7 Å². The number of nitrogens with two attached hydrogens (primary N) is 1. The van der Waals surface area contributed by atoms with E-state index < -0.39 is 0 Å². The van der Waals surface area contributed by atoms with E-state index in [-0.39, 0.29) is 28.8 Å². The van der Waals surface area contributed by atoms with Crippen LogP contribution in [0.15, 0.2) is 60.8 Å². The molecule has 0 unspecified atom stereocenters. The van der Waals surface area contributed by atoms with Gasteiger partial charge in [-0.15, -0.1) is 0 Å². The third-order valence-corrected chi connectivity index (χ3v) is 4.59. The zero-order valence-corrected chi connectivity index (χ0v) is 15.9. The summed E-state index contributed by atoms with van der Waals surface area (Å²) in [5.74, 6) is 5.94. The van der Waals surface area contributed by atoms with Gasteiger partial charge in [-0.3, -0.25) is 15.4 Å². The molecule has 144 valence electrons. The fourth-order valence-electron chi connectivity index (χ4n) is 2.99. The average molecular weight is 376 g/mol. The van der Waals surface area contributed by atoms with Gasteiger partial charge in [-0.1, -0.05) is 32.0 Å². The molecule has 2 aromatic carbocycles. The number of amidine groups is 1. The molecule has 28 heavy (non-hydrogen) atoms. The van der Waals surface area contributed by atoms with Crippen molar-refractivity contribution in [2.75, 3.05) is 5.01 Å². The molecule has 0 spiro atoms. The van der Waals surface area contributed by atoms with E-state index in [1.807, 2.05) is 56.3 Å². The molecule has 0 radical (unpaired) electrons. The Bertz CT molecular complexity index is 970. The van der Waals surface area contributed by atoms with Crippen molar-refractivity contribution in [3.05, 3.63) is 83.2 Å². The third-order valence-electron chi connectivity index (χ3n) is 4.59. The van der Waals surface area contributed by atoms with Gasteiger partial charge in [0.05, 0.1) is 11.3 Å². The highest BCUT2D eigenvalue weighted by atomic mass is 16.3. The fourth-order valence-corrected chi connectivity index (χ4v) is 2.99. The van der Waals surface area contributed by atoms with Gasteiger partial charge >= 0.3 is 0 Å². The minimum Gasteiger partial charge on any atom is -0.508 e.